The summed E-state index contributed by atoms with van der Waals surface area (Å²) in [4.78, 5) is 43.0. The first-order valence-corrected chi connectivity index (χ1v) is 14.8. The second-order valence-corrected chi connectivity index (χ2v) is 13.1. The van der Waals surface area contributed by atoms with E-state index in [1.807, 2.05) is 0 Å². The number of hydrogen-bond acceptors (Lipinski definition) is 6. The number of amides is 2. The molecule has 4 aliphatic rings. The number of aryl methyl sites for hydroxylation is 1. The second-order valence-electron chi connectivity index (χ2n) is 12.6. The molecule has 1 aromatic heterocycles. The van der Waals surface area contributed by atoms with E-state index in [0.717, 1.165) is 19.9 Å². The van der Waals surface area contributed by atoms with Gasteiger partial charge in [-0.15, -0.1) is 5.10 Å². The summed E-state index contributed by atoms with van der Waals surface area (Å²) in [5, 5.41) is 17.6. The molecule has 3 atom stereocenters. The minimum Gasteiger partial charge on any atom is -0.487 e. The lowest BCUT2D eigenvalue weighted by Gasteiger charge is -2.42. The van der Waals surface area contributed by atoms with Gasteiger partial charge < -0.3 is 19.6 Å². The molecule has 232 valence electrons. The SMILES string of the molecule is Cn1nnc(COc2ccc(Cl)c3c2C(CN2CC4(CC4)CC2=O)N(C(=O)[C@@H]2CCC[C@]2(C)C(=O)O)CC3)c1C(F)(F)F. The Kier molecular flexibility index (Phi) is 7.17. The first kappa shape index (κ1) is 29.7. The van der Waals surface area contributed by atoms with Gasteiger partial charge >= 0.3 is 12.1 Å². The smallest absolute Gasteiger partial charge is 0.435 e. The fraction of sp³-hybridized carbons (Fsp3) is 0.621. The van der Waals surface area contributed by atoms with Crippen molar-refractivity contribution in [2.75, 3.05) is 19.6 Å². The Balaban J connectivity index is 1.38. The molecule has 1 unspecified atom stereocenters. The van der Waals surface area contributed by atoms with Crippen LogP contribution in [0.5, 0.6) is 5.75 Å². The maximum absolute atomic E-state index is 14.2. The molecule has 1 N–H and O–H groups in total. The first-order valence-electron chi connectivity index (χ1n) is 14.5. The summed E-state index contributed by atoms with van der Waals surface area (Å²) in [6, 6.07) is 2.42. The summed E-state index contributed by atoms with van der Waals surface area (Å²) < 4.78 is 47.7. The van der Waals surface area contributed by atoms with Crippen LogP contribution in [0.2, 0.25) is 5.02 Å². The molecule has 2 aromatic rings. The number of fused-ring (bicyclic) bond motifs is 1. The van der Waals surface area contributed by atoms with Crippen LogP contribution in [-0.4, -0.2) is 67.3 Å². The van der Waals surface area contributed by atoms with Gasteiger partial charge in [0.1, 0.15) is 18.1 Å². The third kappa shape index (κ3) is 5.12. The van der Waals surface area contributed by atoms with Gasteiger partial charge in [0.05, 0.1) is 17.4 Å². The molecule has 3 heterocycles. The minimum absolute atomic E-state index is 0.0212. The predicted octanol–water partition coefficient (Wildman–Crippen LogP) is 4.40. The molecule has 0 bridgehead atoms. The van der Waals surface area contributed by atoms with E-state index < -0.39 is 47.5 Å². The number of carboxylic acids is 1. The Hall–Kier alpha value is -3.35. The maximum Gasteiger partial charge on any atom is 0.435 e. The number of aromatic nitrogens is 3. The Morgan fingerprint density at radius 1 is 1.23 bits per heavy atom. The zero-order chi connectivity index (χ0) is 30.9. The van der Waals surface area contributed by atoms with Gasteiger partial charge in [0.15, 0.2) is 5.69 Å². The van der Waals surface area contributed by atoms with Gasteiger partial charge in [-0.3, -0.25) is 14.4 Å². The largest absolute Gasteiger partial charge is 0.487 e. The minimum atomic E-state index is -4.70. The molecule has 14 heteroatoms. The van der Waals surface area contributed by atoms with Crippen molar-refractivity contribution in [2.45, 2.75) is 70.7 Å². The fourth-order valence-electron chi connectivity index (χ4n) is 7.24. The van der Waals surface area contributed by atoms with Gasteiger partial charge in [-0.1, -0.05) is 23.2 Å². The molecule has 3 fully saturated rings. The van der Waals surface area contributed by atoms with Crippen LogP contribution >= 0.6 is 11.6 Å². The molecule has 1 spiro atoms. The number of hydrogen-bond donors (Lipinski definition) is 1. The number of halogens is 4. The van der Waals surface area contributed by atoms with E-state index in [0.29, 0.717) is 59.5 Å². The Morgan fingerprint density at radius 2 is 1.98 bits per heavy atom. The normalized spacial score (nSPS) is 26.2. The van der Waals surface area contributed by atoms with Crippen LogP contribution in [0.1, 0.15) is 74.0 Å². The third-order valence-corrected chi connectivity index (χ3v) is 10.2. The van der Waals surface area contributed by atoms with Crippen molar-refractivity contribution in [1.29, 1.82) is 0 Å². The summed E-state index contributed by atoms with van der Waals surface area (Å²) in [5.74, 6) is -1.90. The molecule has 1 aromatic carbocycles. The molecule has 2 amide bonds. The molecule has 2 aliphatic carbocycles. The number of carbonyl (C=O) groups excluding carboxylic acids is 2. The number of nitrogens with zero attached hydrogens (tertiary/aromatic N) is 5. The molecule has 1 saturated heterocycles. The predicted molar refractivity (Wildman–Crippen MR) is 146 cm³/mol. The van der Waals surface area contributed by atoms with Crippen molar-refractivity contribution in [3.8, 4) is 5.75 Å². The molecule has 10 nitrogen and oxygen atoms in total. The number of carbonyl (C=O) groups is 3. The van der Waals surface area contributed by atoms with E-state index in [1.165, 1.54) is 0 Å². The Labute approximate surface area is 251 Å². The number of ether oxygens (including phenoxy) is 1. The number of rotatable bonds is 7. The first-order chi connectivity index (χ1) is 20.2. The van der Waals surface area contributed by atoms with Crippen molar-refractivity contribution in [1.82, 2.24) is 24.8 Å². The lowest BCUT2D eigenvalue weighted by atomic mass is 9.78. The number of carboxylic acid groups (broad SMARTS) is 1. The van der Waals surface area contributed by atoms with E-state index in [4.69, 9.17) is 16.3 Å². The lowest BCUT2D eigenvalue weighted by Crippen LogP contribution is -2.50. The number of benzene rings is 1. The number of alkyl halides is 3. The standard InChI is InChI=1S/C29H33ClF3N5O5/c1-27(26(41)42)8-3-4-17(27)25(40)38-11-7-16-18(30)5-6-21(43-14-19-24(29(31,32)33)36(2)35-34-19)23(16)20(38)13-37-15-28(9-10-28)12-22(37)39/h5-6,17,20H,3-4,7-15H2,1-2H3,(H,41,42)/t17-,20?,27-/m0/s1. The molecular formula is C29H33ClF3N5O5. The fourth-order valence-corrected chi connectivity index (χ4v) is 7.50. The highest BCUT2D eigenvalue weighted by Gasteiger charge is 2.54. The summed E-state index contributed by atoms with van der Waals surface area (Å²) in [6.07, 6.45) is -0.616. The molecule has 2 aliphatic heterocycles. The van der Waals surface area contributed by atoms with E-state index in [9.17, 15) is 32.7 Å². The highest BCUT2D eigenvalue weighted by molar-refractivity contribution is 6.31. The third-order valence-electron chi connectivity index (χ3n) is 9.88. The van der Waals surface area contributed by atoms with Gasteiger partial charge in [-0.05, 0) is 62.1 Å². The van der Waals surface area contributed by atoms with E-state index in [1.54, 1.807) is 28.9 Å². The van der Waals surface area contributed by atoms with Crippen LogP contribution in [0.4, 0.5) is 13.2 Å². The molecule has 43 heavy (non-hydrogen) atoms. The van der Waals surface area contributed by atoms with Crippen molar-refractivity contribution < 1.29 is 37.4 Å². The Morgan fingerprint density at radius 3 is 2.63 bits per heavy atom. The van der Waals surface area contributed by atoms with Gasteiger partial charge in [0.25, 0.3) is 0 Å². The number of aliphatic carboxylic acids is 1. The van der Waals surface area contributed by atoms with E-state index >= 15 is 0 Å². The van der Waals surface area contributed by atoms with Crippen molar-refractivity contribution in [3.63, 3.8) is 0 Å². The highest BCUT2D eigenvalue weighted by Crippen LogP contribution is 2.54. The quantitative estimate of drug-likeness (QED) is 0.486. The monoisotopic (exact) mass is 623 g/mol. The lowest BCUT2D eigenvalue weighted by molar-refractivity contribution is -0.157. The molecule has 0 radical (unpaired) electrons. The molecule has 2 saturated carbocycles. The van der Waals surface area contributed by atoms with Crippen LogP contribution in [0.3, 0.4) is 0 Å². The average Bonchev–Trinajstić information content (AvgIpc) is 3.23. The van der Waals surface area contributed by atoms with Crippen molar-refractivity contribution >= 4 is 29.4 Å². The van der Waals surface area contributed by atoms with Crippen molar-refractivity contribution in [2.24, 2.45) is 23.8 Å². The zero-order valence-corrected chi connectivity index (χ0v) is 24.7. The van der Waals surface area contributed by atoms with Gasteiger partial charge in [0, 0.05) is 43.7 Å². The summed E-state index contributed by atoms with van der Waals surface area (Å²) in [7, 11) is 1.15. The topological polar surface area (TPSA) is 118 Å². The second kappa shape index (κ2) is 10.4. The van der Waals surface area contributed by atoms with Crippen LogP contribution < -0.4 is 4.74 Å². The van der Waals surface area contributed by atoms with Gasteiger partial charge in [-0.2, -0.15) is 13.2 Å². The van der Waals surface area contributed by atoms with Crippen LogP contribution in [-0.2, 0) is 40.6 Å². The average molecular weight is 624 g/mol. The van der Waals surface area contributed by atoms with Gasteiger partial charge in [0.2, 0.25) is 11.8 Å². The van der Waals surface area contributed by atoms with E-state index in [-0.39, 0.29) is 36.1 Å². The van der Waals surface area contributed by atoms with Crippen LogP contribution in [0, 0.1) is 16.7 Å². The van der Waals surface area contributed by atoms with Crippen LogP contribution in [0.15, 0.2) is 12.1 Å². The maximum atomic E-state index is 14.2. The van der Waals surface area contributed by atoms with Crippen molar-refractivity contribution in [3.05, 3.63) is 39.7 Å². The van der Waals surface area contributed by atoms with Crippen LogP contribution in [0.25, 0.3) is 0 Å². The number of likely N-dealkylation sites (tertiary alicyclic amines) is 1. The zero-order valence-electron chi connectivity index (χ0n) is 23.9. The molecular weight excluding hydrogens is 591 g/mol. The summed E-state index contributed by atoms with van der Waals surface area (Å²) >= 11 is 6.64. The molecule has 6 rings (SSSR count). The van der Waals surface area contributed by atoms with Gasteiger partial charge in [-0.25, -0.2) is 4.68 Å². The summed E-state index contributed by atoms with van der Waals surface area (Å²) in [5.41, 5.74) is -1.49. The van der Waals surface area contributed by atoms with E-state index in [2.05, 4.69) is 10.3 Å². The Bertz CT molecular complexity index is 1490. The summed E-state index contributed by atoms with van der Waals surface area (Å²) in [6.45, 7) is 2.01. The highest BCUT2D eigenvalue weighted by atomic mass is 35.5.